The van der Waals surface area contributed by atoms with Gasteiger partial charge in [0.2, 0.25) is 0 Å². The second kappa shape index (κ2) is 12.0. The van der Waals surface area contributed by atoms with E-state index in [1.54, 1.807) is 21.6 Å². The van der Waals surface area contributed by atoms with E-state index in [9.17, 15) is 0 Å². The molecule has 0 rings (SSSR count). The van der Waals surface area contributed by atoms with Crippen LogP contribution in [0.5, 0.6) is 0 Å². The summed E-state index contributed by atoms with van der Waals surface area (Å²) in [6.45, 7) is 0. The summed E-state index contributed by atoms with van der Waals surface area (Å²) in [5.41, 5.74) is 0. The minimum atomic E-state index is 0.946. The van der Waals surface area contributed by atoms with Crippen molar-refractivity contribution in [3.8, 4) is 0 Å². The summed E-state index contributed by atoms with van der Waals surface area (Å²) < 4.78 is 1.89. The van der Waals surface area contributed by atoms with E-state index < -0.39 is 0 Å². The molecule has 0 aliphatic rings. The lowest BCUT2D eigenvalue weighted by Crippen LogP contribution is -2.15. The highest BCUT2D eigenvalue weighted by molar-refractivity contribution is 8.84. The molecule has 0 spiro atoms. The molecular weight excluding hydrogens is 341 g/mol. The Kier molecular flexibility index (Phi) is 12.7. The molecule has 2 nitrogen and oxygen atoms in total. The Bertz CT molecular complexity index is 231. The maximum Gasteiger partial charge on any atom is 0.146 e. The minimum absolute atomic E-state index is 0.946. The molecule has 0 aromatic heterocycles. The van der Waals surface area contributed by atoms with Gasteiger partial charge in [0.05, 0.1) is 0 Å². The zero-order valence-electron chi connectivity index (χ0n) is 11.2. The maximum atomic E-state index is 5.19. The van der Waals surface area contributed by atoms with Crippen LogP contribution in [-0.2, 0) is 0 Å². The molecule has 0 amide bonds. The van der Waals surface area contributed by atoms with Gasteiger partial charge in [-0.05, 0) is 34.4 Å². The number of rotatable bonds is 7. The van der Waals surface area contributed by atoms with Crippen LogP contribution >= 0.6 is 67.6 Å². The van der Waals surface area contributed by atoms with Gasteiger partial charge in [0, 0.05) is 39.7 Å². The van der Waals surface area contributed by atoms with Gasteiger partial charge in [0.25, 0.3) is 0 Å². The SMILES string of the molecule is CN(C)C(=S)SSCCCCSSC(=S)N(C)C. The molecule has 8 heteroatoms. The van der Waals surface area contributed by atoms with Crippen LogP contribution < -0.4 is 0 Å². The van der Waals surface area contributed by atoms with Crippen LogP contribution in [0.1, 0.15) is 12.8 Å². The van der Waals surface area contributed by atoms with E-state index in [2.05, 4.69) is 0 Å². The Morgan fingerprint density at radius 2 is 1.11 bits per heavy atom. The van der Waals surface area contributed by atoms with Crippen molar-refractivity contribution in [3.63, 3.8) is 0 Å². The number of hydrogen-bond donors (Lipinski definition) is 0. The first-order chi connectivity index (χ1) is 8.45. The Balaban J connectivity index is 3.27. The van der Waals surface area contributed by atoms with Gasteiger partial charge in [-0.2, -0.15) is 0 Å². The second-order valence-corrected chi connectivity index (χ2v) is 9.94. The average molecular weight is 361 g/mol. The smallest absolute Gasteiger partial charge is 0.146 e. The van der Waals surface area contributed by atoms with Gasteiger partial charge < -0.3 is 9.80 Å². The molecule has 0 atom stereocenters. The summed E-state index contributed by atoms with van der Waals surface area (Å²) in [5, 5.41) is 0. The quantitative estimate of drug-likeness (QED) is 0.373. The standard InChI is InChI=1S/C10H20N2S6/c1-11(2)9(13)17-15-7-5-6-8-16-18-10(14)12(3)4/h5-8H2,1-4H3. The van der Waals surface area contributed by atoms with Crippen molar-refractivity contribution in [2.24, 2.45) is 0 Å². The molecule has 0 aliphatic heterocycles. The zero-order valence-corrected chi connectivity index (χ0v) is 16.1. The van der Waals surface area contributed by atoms with E-state index in [1.807, 2.05) is 59.6 Å². The zero-order chi connectivity index (χ0) is 14.0. The molecule has 18 heavy (non-hydrogen) atoms. The molecule has 106 valence electrons. The van der Waals surface area contributed by atoms with E-state index >= 15 is 0 Å². The summed E-state index contributed by atoms with van der Waals surface area (Å²) in [7, 11) is 15.0. The minimum Gasteiger partial charge on any atom is -0.363 e. The molecule has 0 saturated heterocycles. The van der Waals surface area contributed by atoms with Gasteiger partial charge in [-0.15, -0.1) is 0 Å². The highest BCUT2D eigenvalue weighted by Gasteiger charge is 2.01. The number of thiocarbonyl (C=S) groups is 2. The molecule has 0 aromatic carbocycles. The van der Waals surface area contributed by atoms with Crippen molar-refractivity contribution >= 4 is 76.3 Å². The van der Waals surface area contributed by atoms with E-state index in [4.69, 9.17) is 24.4 Å². The molecule has 0 radical (unpaired) electrons. The van der Waals surface area contributed by atoms with Crippen molar-refractivity contribution in [2.45, 2.75) is 12.8 Å². The monoisotopic (exact) mass is 360 g/mol. The van der Waals surface area contributed by atoms with Gasteiger partial charge in [-0.1, -0.05) is 46.0 Å². The highest BCUT2D eigenvalue weighted by atomic mass is 33.1. The fraction of sp³-hybridized carbons (Fsp3) is 0.800. The van der Waals surface area contributed by atoms with Crippen LogP contribution in [0.25, 0.3) is 0 Å². The molecule has 0 unspecified atom stereocenters. The van der Waals surface area contributed by atoms with Crippen LogP contribution in [0.15, 0.2) is 0 Å². The Morgan fingerprint density at radius 1 is 0.778 bits per heavy atom. The van der Waals surface area contributed by atoms with Crippen molar-refractivity contribution in [2.75, 3.05) is 39.7 Å². The first kappa shape index (κ1) is 19.2. The Labute approximate surface area is 138 Å². The van der Waals surface area contributed by atoms with Crippen molar-refractivity contribution in [3.05, 3.63) is 0 Å². The second-order valence-electron chi connectivity index (χ2n) is 3.84. The van der Waals surface area contributed by atoms with E-state index in [0.29, 0.717) is 0 Å². The average Bonchev–Trinajstić information content (AvgIpc) is 2.31. The fourth-order valence-electron chi connectivity index (χ4n) is 0.655. The summed E-state index contributed by atoms with van der Waals surface area (Å²) in [6, 6.07) is 0. The third-order valence-corrected chi connectivity index (χ3v) is 8.38. The van der Waals surface area contributed by atoms with E-state index in [1.165, 1.54) is 12.8 Å². The predicted octanol–water partition coefficient (Wildman–Crippen LogP) is 4.22. The summed E-state index contributed by atoms with van der Waals surface area (Å²) in [6.07, 6.45) is 2.46. The third-order valence-electron chi connectivity index (χ3n) is 1.70. The molecule has 0 saturated carbocycles. The highest BCUT2D eigenvalue weighted by Crippen LogP contribution is 2.28. The van der Waals surface area contributed by atoms with Crippen molar-refractivity contribution < 1.29 is 0 Å². The van der Waals surface area contributed by atoms with Gasteiger partial charge in [0.15, 0.2) is 0 Å². The molecule has 0 bridgehead atoms. The largest absolute Gasteiger partial charge is 0.363 e. The predicted molar refractivity (Wildman–Crippen MR) is 102 cm³/mol. The van der Waals surface area contributed by atoms with E-state index in [-0.39, 0.29) is 0 Å². The van der Waals surface area contributed by atoms with Gasteiger partial charge >= 0.3 is 0 Å². The summed E-state index contributed by atoms with van der Waals surface area (Å²) in [4.78, 5) is 3.95. The van der Waals surface area contributed by atoms with Crippen LogP contribution in [0.2, 0.25) is 0 Å². The molecule has 0 heterocycles. The summed E-state index contributed by atoms with van der Waals surface area (Å²) in [5.74, 6) is 2.31. The van der Waals surface area contributed by atoms with Crippen molar-refractivity contribution in [1.29, 1.82) is 0 Å². The maximum absolute atomic E-state index is 5.19. The third kappa shape index (κ3) is 11.0. The van der Waals surface area contributed by atoms with Gasteiger partial charge in [0.1, 0.15) is 8.64 Å². The van der Waals surface area contributed by atoms with Gasteiger partial charge in [-0.25, -0.2) is 0 Å². The molecule has 0 fully saturated rings. The van der Waals surface area contributed by atoms with E-state index in [0.717, 1.165) is 20.1 Å². The van der Waals surface area contributed by atoms with Crippen LogP contribution in [0.4, 0.5) is 0 Å². The molecule has 0 aliphatic carbocycles. The fourth-order valence-corrected chi connectivity index (χ4v) is 5.54. The van der Waals surface area contributed by atoms with Crippen LogP contribution in [-0.4, -0.2) is 58.1 Å². The first-order valence-corrected chi connectivity index (χ1v) is 10.9. The molecular formula is C10H20N2S6. The number of unbranched alkanes of at least 4 members (excludes halogenated alkanes) is 1. The Hall–Kier alpha value is 1.18. The number of hydrogen-bond acceptors (Lipinski definition) is 6. The first-order valence-electron chi connectivity index (χ1n) is 5.46. The number of nitrogens with zero attached hydrogens (tertiary/aromatic N) is 2. The van der Waals surface area contributed by atoms with Crippen molar-refractivity contribution in [1.82, 2.24) is 9.80 Å². The van der Waals surface area contributed by atoms with Crippen LogP contribution in [0, 0.1) is 0 Å². The Morgan fingerprint density at radius 3 is 1.39 bits per heavy atom. The lowest BCUT2D eigenvalue weighted by molar-refractivity contribution is 0.648. The lowest BCUT2D eigenvalue weighted by atomic mass is 10.4. The lowest BCUT2D eigenvalue weighted by Gasteiger charge is -2.12. The van der Waals surface area contributed by atoms with Crippen LogP contribution in [0.3, 0.4) is 0 Å². The van der Waals surface area contributed by atoms with Gasteiger partial charge in [-0.3, -0.25) is 0 Å². The summed E-state index contributed by atoms with van der Waals surface area (Å²) >= 11 is 10.4. The molecule has 0 N–H and O–H groups in total. The normalized spacial score (nSPS) is 10.2. The topological polar surface area (TPSA) is 6.48 Å². The molecule has 0 aromatic rings.